The first-order chi connectivity index (χ1) is 9.79. The summed E-state index contributed by atoms with van der Waals surface area (Å²) in [6.07, 6.45) is 2.78. The van der Waals surface area contributed by atoms with E-state index < -0.39 is 12.1 Å². The predicted octanol–water partition coefficient (Wildman–Crippen LogP) is 2.91. The maximum Gasteiger partial charge on any atom is 0.331 e. The van der Waals surface area contributed by atoms with Crippen LogP contribution in [0.1, 0.15) is 59.3 Å². The fraction of sp³-hybridized carbons (Fsp3) is 0.438. The highest BCUT2D eigenvalue weighted by Gasteiger charge is 2.25. The number of ketones is 2. The van der Waals surface area contributed by atoms with Gasteiger partial charge in [0.1, 0.15) is 0 Å². The van der Waals surface area contributed by atoms with Crippen LogP contribution in [0.4, 0.5) is 0 Å². The van der Waals surface area contributed by atoms with Gasteiger partial charge in [-0.15, -0.1) is 0 Å². The number of aryl methyl sites for hydroxylation is 1. The maximum absolute atomic E-state index is 12.3. The standard InChI is InChI=1S/C16H21NO4/c1-6-7-8-13(19)21-12(5)16(20)15-9(2)14(11(4)18)10(3)17-15/h7-8,12,17H,6H2,1-5H3/b8-7+/t12-/m0/s1. The number of H-pyrrole nitrogens is 1. The zero-order valence-corrected chi connectivity index (χ0v) is 13.1. The number of carbonyl (C=O) groups excluding carboxylic acids is 3. The van der Waals surface area contributed by atoms with Crippen molar-refractivity contribution in [3.05, 3.63) is 34.7 Å². The number of nitrogens with one attached hydrogen (secondary N) is 1. The van der Waals surface area contributed by atoms with Gasteiger partial charge in [-0.3, -0.25) is 9.59 Å². The number of ether oxygens (including phenoxy) is 1. The third kappa shape index (κ3) is 3.90. The molecule has 1 N–H and O–H groups in total. The van der Waals surface area contributed by atoms with Crippen molar-refractivity contribution < 1.29 is 19.1 Å². The Morgan fingerprint density at radius 1 is 1.29 bits per heavy atom. The average Bonchev–Trinajstić information content (AvgIpc) is 2.70. The Balaban J connectivity index is 2.94. The van der Waals surface area contributed by atoms with Crippen molar-refractivity contribution in [2.75, 3.05) is 0 Å². The molecule has 0 amide bonds. The van der Waals surface area contributed by atoms with Gasteiger partial charge >= 0.3 is 5.97 Å². The summed E-state index contributed by atoms with van der Waals surface area (Å²) < 4.78 is 5.05. The average molecular weight is 291 g/mol. The molecule has 0 aromatic carbocycles. The summed E-state index contributed by atoms with van der Waals surface area (Å²) in [7, 11) is 0. The van der Waals surface area contributed by atoms with E-state index in [1.807, 2.05) is 6.92 Å². The number of aromatic nitrogens is 1. The van der Waals surface area contributed by atoms with Crippen LogP contribution < -0.4 is 0 Å². The zero-order valence-electron chi connectivity index (χ0n) is 13.1. The van der Waals surface area contributed by atoms with Crippen LogP contribution in [0.2, 0.25) is 0 Å². The minimum atomic E-state index is -0.907. The van der Waals surface area contributed by atoms with E-state index in [2.05, 4.69) is 4.98 Å². The molecule has 0 saturated carbocycles. The van der Waals surface area contributed by atoms with E-state index in [9.17, 15) is 14.4 Å². The molecule has 0 spiro atoms. The van der Waals surface area contributed by atoms with Gasteiger partial charge in [0.05, 0.1) is 5.69 Å². The highest BCUT2D eigenvalue weighted by atomic mass is 16.5. The molecule has 0 bridgehead atoms. The number of rotatable bonds is 6. The summed E-state index contributed by atoms with van der Waals surface area (Å²) in [5.41, 5.74) is 2.07. The second-order valence-electron chi connectivity index (χ2n) is 4.94. The monoisotopic (exact) mass is 291 g/mol. The first-order valence-electron chi connectivity index (χ1n) is 6.91. The molecular formula is C16H21NO4. The van der Waals surface area contributed by atoms with Gasteiger partial charge < -0.3 is 9.72 Å². The molecule has 1 aromatic heterocycles. The van der Waals surface area contributed by atoms with E-state index in [1.165, 1.54) is 19.9 Å². The Bertz CT molecular complexity index is 596. The van der Waals surface area contributed by atoms with Gasteiger partial charge in [-0.1, -0.05) is 13.0 Å². The molecule has 0 fully saturated rings. The van der Waals surface area contributed by atoms with Crippen LogP contribution in [-0.4, -0.2) is 28.6 Å². The number of carbonyl (C=O) groups is 3. The molecule has 0 aliphatic heterocycles. The molecule has 5 heteroatoms. The summed E-state index contributed by atoms with van der Waals surface area (Å²) in [6.45, 7) is 8.31. The molecule has 0 aliphatic rings. The molecule has 1 aromatic rings. The van der Waals surface area contributed by atoms with E-state index in [0.29, 0.717) is 28.9 Å². The number of Topliss-reactive ketones (excluding diaryl/α,β-unsaturated/α-hetero) is 2. The van der Waals surface area contributed by atoms with E-state index >= 15 is 0 Å². The van der Waals surface area contributed by atoms with E-state index in [-0.39, 0.29) is 11.6 Å². The molecule has 1 heterocycles. The summed E-state index contributed by atoms with van der Waals surface area (Å²) in [4.78, 5) is 38.3. The van der Waals surface area contributed by atoms with Crippen molar-refractivity contribution in [1.82, 2.24) is 4.98 Å². The molecule has 0 unspecified atom stereocenters. The summed E-state index contributed by atoms with van der Waals surface area (Å²) in [6, 6.07) is 0. The first-order valence-corrected chi connectivity index (χ1v) is 6.91. The molecule has 0 radical (unpaired) electrons. The summed E-state index contributed by atoms with van der Waals surface area (Å²) in [5, 5.41) is 0. The lowest BCUT2D eigenvalue weighted by Gasteiger charge is -2.10. The third-order valence-corrected chi connectivity index (χ3v) is 3.19. The SMILES string of the molecule is CC/C=C/C(=O)O[C@@H](C)C(=O)c1[nH]c(C)c(C(C)=O)c1C. The molecule has 5 nitrogen and oxygen atoms in total. The number of allylic oxidation sites excluding steroid dienone is 1. The van der Waals surface area contributed by atoms with Crippen molar-refractivity contribution in [3.63, 3.8) is 0 Å². The van der Waals surface area contributed by atoms with Crippen LogP contribution in [0.15, 0.2) is 12.2 Å². The van der Waals surface area contributed by atoms with Crippen LogP contribution in [-0.2, 0) is 9.53 Å². The Labute approximate surface area is 124 Å². The van der Waals surface area contributed by atoms with Crippen LogP contribution in [0.25, 0.3) is 0 Å². The Hall–Kier alpha value is -2.17. The number of esters is 1. The van der Waals surface area contributed by atoms with E-state index in [4.69, 9.17) is 4.74 Å². The highest BCUT2D eigenvalue weighted by Crippen LogP contribution is 2.20. The second-order valence-corrected chi connectivity index (χ2v) is 4.94. The smallest absolute Gasteiger partial charge is 0.331 e. The largest absolute Gasteiger partial charge is 0.451 e. The Kier molecular flexibility index (Phi) is 5.64. The van der Waals surface area contributed by atoms with Crippen LogP contribution in [0.3, 0.4) is 0 Å². The van der Waals surface area contributed by atoms with Crippen molar-refractivity contribution in [3.8, 4) is 0 Å². The molecule has 114 valence electrons. The normalized spacial score (nSPS) is 12.4. The van der Waals surface area contributed by atoms with Gasteiger partial charge in [0, 0.05) is 17.3 Å². The summed E-state index contributed by atoms with van der Waals surface area (Å²) in [5.74, 6) is -0.998. The molecule has 1 rings (SSSR count). The molecule has 1 atom stereocenters. The lowest BCUT2D eigenvalue weighted by Crippen LogP contribution is -2.24. The Morgan fingerprint density at radius 3 is 2.38 bits per heavy atom. The molecule has 0 aliphatic carbocycles. The zero-order chi connectivity index (χ0) is 16.2. The second kappa shape index (κ2) is 7.02. The third-order valence-electron chi connectivity index (χ3n) is 3.19. The van der Waals surface area contributed by atoms with Gasteiger partial charge in [-0.2, -0.15) is 0 Å². The van der Waals surface area contributed by atoms with Gasteiger partial charge in [-0.05, 0) is 39.7 Å². The molecule has 0 saturated heterocycles. The van der Waals surface area contributed by atoms with Crippen LogP contribution in [0, 0.1) is 13.8 Å². The van der Waals surface area contributed by atoms with Crippen molar-refractivity contribution >= 4 is 17.5 Å². The minimum absolute atomic E-state index is 0.101. The quantitative estimate of drug-likeness (QED) is 0.496. The van der Waals surface area contributed by atoms with Gasteiger partial charge in [0.15, 0.2) is 11.9 Å². The van der Waals surface area contributed by atoms with Crippen LogP contribution in [0.5, 0.6) is 0 Å². The van der Waals surface area contributed by atoms with Crippen molar-refractivity contribution in [2.24, 2.45) is 0 Å². The van der Waals surface area contributed by atoms with Crippen LogP contribution >= 0.6 is 0 Å². The highest BCUT2D eigenvalue weighted by molar-refractivity contribution is 6.05. The molecule has 21 heavy (non-hydrogen) atoms. The summed E-state index contributed by atoms with van der Waals surface area (Å²) >= 11 is 0. The van der Waals surface area contributed by atoms with Gasteiger partial charge in [0.25, 0.3) is 0 Å². The van der Waals surface area contributed by atoms with E-state index in [1.54, 1.807) is 19.9 Å². The number of hydrogen-bond acceptors (Lipinski definition) is 4. The predicted molar refractivity (Wildman–Crippen MR) is 79.6 cm³/mol. The van der Waals surface area contributed by atoms with E-state index in [0.717, 1.165) is 0 Å². The number of aromatic amines is 1. The Morgan fingerprint density at radius 2 is 1.90 bits per heavy atom. The van der Waals surface area contributed by atoms with Gasteiger partial charge in [-0.25, -0.2) is 4.79 Å². The fourth-order valence-corrected chi connectivity index (χ4v) is 2.21. The minimum Gasteiger partial charge on any atom is -0.451 e. The van der Waals surface area contributed by atoms with Gasteiger partial charge in [0.2, 0.25) is 5.78 Å². The fourth-order valence-electron chi connectivity index (χ4n) is 2.21. The lowest BCUT2D eigenvalue weighted by atomic mass is 10.0. The lowest BCUT2D eigenvalue weighted by molar-refractivity contribution is -0.140. The number of hydrogen-bond donors (Lipinski definition) is 1. The topological polar surface area (TPSA) is 76.2 Å². The maximum atomic E-state index is 12.3. The molecular weight excluding hydrogens is 270 g/mol. The van der Waals surface area contributed by atoms with Crippen molar-refractivity contribution in [1.29, 1.82) is 0 Å². The first kappa shape index (κ1) is 16.9. The van der Waals surface area contributed by atoms with Crippen molar-refractivity contribution in [2.45, 2.75) is 47.1 Å².